The van der Waals surface area contributed by atoms with Crippen LogP contribution < -0.4 is 20.9 Å². The third-order valence-electron chi connectivity index (χ3n) is 10.5. The summed E-state index contributed by atoms with van der Waals surface area (Å²) in [4.78, 5) is 35.1. The summed E-state index contributed by atoms with van der Waals surface area (Å²) in [6.07, 6.45) is 4.31. The van der Waals surface area contributed by atoms with Gasteiger partial charge in [-0.05, 0) is 53.4 Å². The number of aromatic hydroxyl groups is 2. The molecular weight excluding hydrogens is 756 g/mol. The predicted octanol–water partition coefficient (Wildman–Crippen LogP) is 2.17. The number of carbonyl (C=O) groups excluding carboxylic acids is 1. The summed E-state index contributed by atoms with van der Waals surface area (Å²) in [5.74, 6) is 1.47. The van der Waals surface area contributed by atoms with Crippen molar-refractivity contribution in [3.05, 3.63) is 90.0 Å². The van der Waals surface area contributed by atoms with E-state index in [1.54, 1.807) is 41.5 Å². The third kappa shape index (κ3) is 8.25. The van der Waals surface area contributed by atoms with Crippen molar-refractivity contribution in [3.63, 3.8) is 0 Å². The van der Waals surface area contributed by atoms with Crippen molar-refractivity contribution >= 4 is 41.4 Å². The lowest BCUT2D eigenvalue weighted by Crippen LogP contribution is -2.43. The second kappa shape index (κ2) is 16.6. The molecule has 7 N–H and O–H groups in total. The zero-order valence-electron chi connectivity index (χ0n) is 31.3. The van der Waals surface area contributed by atoms with Crippen molar-refractivity contribution in [3.8, 4) is 11.5 Å². The van der Waals surface area contributed by atoms with Gasteiger partial charge in [0.25, 0.3) is 0 Å². The summed E-state index contributed by atoms with van der Waals surface area (Å²) in [6.45, 7) is 3.59. The molecular formula is C37H45ClN14O5. The molecule has 8 rings (SSSR count). The van der Waals surface area contributed by atoms with Gasteiger partial charge in [0, 0.05) is 51.3 Å². The number of rotatable bonds is 12. The molecule has 6 aromatic rings. The second-order valence-corrected chi connectivity index (χ2v) is 14.3. The minimum Gasteiger partial charge on any atom is -0.508 e. The monoisotopic (exact) mass is 800 g/mol. The maximum absolute atomic E-state index is 12.8. The lowest BCUT2D eigenvalue weighted by Gasteiger charge is -2.22. The van der Waals surface area contributed by atoms with Crippen molar-refractivity contribution in [2.24, 2.45) is 7.05 Å². The first-order valence-electron chi connectivity index (χ1n) is 18.6. The first-order chi connectivity index (χ1) is 27.1. The molecule has 2 fully saturated rings. The fourth-order valence-electron chi connectivity index (χ4n) is 7.51. The van der Waals surface area contributed by atoms with Gasteiger partial charge in [-0.2, -0.15) is 14.8 Å². The van der Waals surface area contributed by atoms with E-state index in [1.807, 2.05) is 53.9 Å². The van der Waals surface area contributed by atoms with E-state index in [2.05, 4.69) is 36.3 Å². The highest BCUT2D eigenvalue weighted by atomic mass is 35.5. The van der Waals surface area contributed by atoms with Crippen LogP contribution in [-0.4, -0.2) is 114 Å². The molecule has 19 nitrogen and oxygen atoms in total. The van der Waals surface area contributed by atoms with Crippen LogP contribution in [0.25, 0.3) is 11.2 Å². The Bertz CT molecular complexity index is 2250. The molecule has 0 radical (unpaired) electrons. The van der Waals surface area contributed by atoms with E-state index in [1.165, 1.54) is 4.80 Å². The zero-order chi connectivity index (χ0) is 38.9. The SMILES string of the molecule is CCc1nnn([C@H]2C[C@@H](n3cnc4c(NCC(c5ccc(O)cc5)c5ccc(O)cc5)nc(N5CC[C@@H](NC(=O)NCc6cn(C)cn6)C5)nc43)[C@H](O)[C@@H]2O)n1.Cl. The standard InChI is InChI=1S/C37H44N14O5.ClH/c1-3-30-45-47-51(46-30)29-14-28(32(54)33(29)55)50-20-41-31-34(38-16-27(21-4-8-25(52)9-5-21)22-6-10-26(53)11-7-22)43-36(44-35(31)50)49-13-12-23(18-49)42-37(56)39-15-24-17-48(2)19-40-24;/h4-11,17,19-20,23,27-29,32-33,52-55H,3,12-16,18H2,1-2H3,(H,38,43,44)(H2,39,42,56);1H/t23-,28-,29+,32+,33-;/m1./s1. The predicted molar refractivity (Wildman–Crippen MR) is 210 cm³/mol. The molecule has 2 amide bonds. The van der Waals surface area contributed by atoms with Gasteiger partial charge in [0.15, 0.2) is 22.8 Å². The van der Waals surface area contributed by atoms with Crippen LogP contribution in [0, 0.1) is 0 Å². The molecule has 0 bridgehead atoms. The Morgan fingerprint density at radius 1 is 0.947 bits per heavy atom. The summed E-state index contributed by atoms with van der Waals surface area (Å²) >= 11 is 0. The number of aliphatic hydroxyl groups is 2. The average molecular weight is 801 g/mol. The van der Waals surface area contributed by atoms with E-state index in [4.69, 9.17) is 15.0 Å². The highest BCUT2D eigenvalue weighted by Gasteiger charge is 2.45. The number of halogens is 1. The number of tetrazole rings is 1. The fourth-order valence-corrected chi connectivity index (χ4v) is 7.51. The largest absolute Gasteiger partial charge is 0.508 e. The number of imidazole rings is 2. The fraction of sp³-hybridized carbons (Fsp3) is 0.405. The highest BCUT2D eigenvalue weighted by molar-refractivity contribution is 5.85. The van der Waals surface area contributed by atoms with Crippen molar-refractivity contribution < 1.29 is 25.2 Å². The highest BCUT2D eigenvalue weighted by Crippen LogP contribution is 2.40. The molecule has 1 saturated heterocycles. The number of amides is 2. The quantitative estimate of drug-likeness (QED) is 0.0939. The molecule has 4 aromatic heterocycles. The van der Waals surface area contributed by atoms with Gasteiger partial charge >= 0.3 is 6.03 Å². The number of aliphatic hydroxyl groups excluding tert-OH is 2. The molecule has 20 heteroatoms. The van der Waals surface area contributed by atoms with Gasteiger partial charge in [-0.25, -0.2) is 14.8 Å². The molecule has 0 spiro atoms. The number of nitrogens with zero attached hydrogens (tertiary/aromatic N) is 11. The number of hydrogen-bond acceptors (Lipinski definition) is 14. The molecule has 1 aliphatic carbocycles. The van der Waals surface area contributed by atoms with Gasteiger partial charge in [0.05, 0.1) is 30.9 Å². The molecule has 1 saturated carbocycles. The summed E-state index contributed by atoms with van der Waals surface area (Å²) < 4.78 is 3.59. The Morgan fingerprint density at radius 2 is 1.65 bits per heavy atom. The van der Waals surface area contributed by atoms with Crippen molar-refractivity contribution in [1.82, 2.24) is 59.9 Å². The minimum absolute atomic E-state index is 0. The van der Waals surface area contributed by atoms with Crippen LogP contribution >= 0.6 is 12.4 Å². The van der Waals surface area contributed by atoms with Crippen LogP contribution in [-0.2, 0) is 20.0 Å². The van der Waals surface area contributed by atoms with E-state index in [0.29, 0.717) is 74.2 Å². The Balaban J connectivity index is 0.00000496. The molecule has 0 unspecified atom stereocenters. The lowest BCUT2D eigenvalue weighted by atomic mass is 9.91. The molecule has 57 heavy (non-hydrogen) atoms. The number of urea groups is 1. The van der Waals surface area contributed by atoms with E-state index in [0.717, 1.165) is 16.8 Å². The van der Waals surface area contributed by atoms with E-state index in [-0.39, 0.29) is 41.9 Å². The topological polar surface area (TPSA) is 242 Å². The molecule has 2 aliphatic rings. The Hall–Kier alpha value is -6.05. The second-order valence-electron chi connectivity index (χ2n) is 14.3. The summed E-state index contributed by atoms with van der Waals surface area (Å²) in [7, 11) is 1.87. The normalized spacial score (nSPS) is 20.6. The van der Waals surface area contributed by atoms with Gasteiger partial charge in [-0.1, -0.05) is 31.2 Å². The number of phenols is 2. The maximum atomic E-state index is 12.8. The average Bonchev–Trinajstić information content (AvgIpc) is 4.05. The van der Waals surface area contributed by atoms with E-state index in [9.17, 15) is 25.2 Å². The number of aromatic nitrogens is 10. The van der Waals surface area contributed by atoms with Crippen LogP contribution in [0.5, 0.6) is 11.5 Å². The van der Waals surface area contributed by atoms with Gasteiger partial charge in [0.2, 0.25) is 5.95 Å². The Morgan fingerprint density at radius 3 is 2.30 bits per heavy atom. The van der Waals surface area contributed by atoms with Gasteiger partial charge in [-0.15, -0.1) is 22.6 Å². The van der Waals surface area contributed by atoms with Crippen LogP contribution in [0.3, 0.4) is 0 Å². The molecule has 5 atom stereocenters. The maximum Gasteiger partial charge on any atom is 0.315 e. The molecule has 5 heterocycles. The molecule has 2 aromatic carbocycles. The van der Waals surface area contributed by atoms with Gasteiger partial charge < -0.3 is 50.4 Å². The Kier molecular flexibility index (Phi) is 11.4. The number of hydrogen-bond donors (Lipinski definition) is 7. The van der Waals surface area contributed by atoms with Crippen LogP contribution in [0.15, 0.2) is 67.4 Å². The zero-order valence-corrected chi connectivity index (χ0v) is 32.1. The third-order valence-corrected chi connectivity index (χ3v) is 10.5. The minimum atomic E-state index is -1.18. The van der Waals surface area contributed by atoms with Crippen molar-refractivity contribution in [2.75, 3.05) is 29.9 Å². The number of carbonyl (C=O) groups is 1. The molecule has 1 aliphatic heterocycles. The number of anilines is 2. The summed E-state index contributed by atoms with van der Waals surface area (Å²) in [5.41, 5.74) is 3.51. The lowest BCUT2D eigenvalue weighted by molar-refractivity contribution is 0.00473. The number of fused-ring (bicyclic) bond motifs is 1. The first kappa shape index (κ1) is 39.2. The number of aryl methyl sites for hydroxylation is 2. The van der Waals surface area contributed by atoms with Crippen LogP contribution in [0.4, 0.5) is 16.6 Å². The summed E-state index contributed by atoms with van der Waals surface area (Å²) in [5, 5.41) is 64.6. The Labute approximate surface area is 333 Å². The van der Waals surface area contributed by atoms with Gasteiger partial charge in [-0.3, -0.25) is 0 Å². The van der Waals surface area contributed by atoms with E-state index >= 15 is 0 Å². The summed E-state index contributed by atoms with van der Waals surface area (Å²) in [6, 6.07) is 12.2. The number of benzene rings is 2. The van der Waals surface area contributed by atoms with E-state index < -0.39 is 24.3 Å². The van der Waals surface area contributed by atoms with Crippen molar-refractivity contribution in [2.45, 2.75) is 69.0 Å². The number of nitrogens with one attached hydrogen (secondary N) is 3. The number of phenolic OH excluding ortho intramolecular Hbond substituents is 2. The van der Waals surface area contributed by atoms with Gasteiger partial charge in [0.1, 0.15) is 29.7 Å². The van der Waals surface area contributed by atoms with Crippen molar-refractivity contribution in [1.29, 1.82) is 0 Å². The van der Waals surface area contributed by atoms with Crippen LogP contribution in [0.2, 0.25) is 0 Å². The molecule has 300 valence electrons. The van der Waals surface area contributed by atoms with Crippen LogP contribution in [0.1, 0.15) is 60.4 Å². The first-order valence-corrected chi connectivity index (χ1v) is 18.6. The smallest absolute Gasteiger partial charge is 0.315 e.